The van der Waals surface area contributed by atoms with E-state index in [0.717, 1.165) is 15.5 Å². The third-order valence-corrected chi connectivity index (χ3v) is 3.89. The number of benzene rings is 2. The van der Waals surface area contributed by atoms with Gasteiger partial charge in [-0.15, -0.1) is 0 Å². The van der Waals surface area contributed by atoms with Crippen molar-refractivity contribution in [1.29, 1.82) is 5.41 Å². The van der Waals surface area contributed by atoms with Crippen LogP contribution in [0, 0.1) is 5.41 Å². The number of nitrogens with two attached hydrogens (primary N) is 1. The minimum absolute atomic E-state index is 0.0289. The van der Waals surface area contributed by atoms with Crippen LogP contribution in [-0.2, 0) is 0 Å². The second-order valence-electron chi connectivity index (χ2n) is 3.81. The molecule has 98 valence electrons. The summed E-state index contributed by atoms with van der Waals surface area (Å²) in [4.78, 5) is 1.98. The normalized spacial score (nSPS) is 10.2. The first-order chi connectivity index (χ1) is 9.11. The first-order valence-electron chi connectivity index (χ1n) is 5.56. The Morgan fingerprint density at radius 1 is 1.26 bits per heavy atom. The Balaban J connectivity index is 2.29. The fraction of sp³-hybridized carbons (Fsp3) is 0.0714. The molecule has 0 amide bonds. The van der Waals surface area contributed by atoms with Crippen LogP contribution in [0.3, 0.4) is 0 Å². The van der Waals surface area contributed by atoms with Crippen LogP contribution >= 0.6 is 23.4 Å². The highest BCUT2D eigenvalue weighted by molar-refractivity contribution is 7.99. The molecule has 0 aromatic heterocycles. The van der Waals surface area contributed by atoms with E-state index in [1.165, 1.54) is 0 Å². The smallest absolute Gasteiger partial charge is 0.132 e. The molecular formula is C14H13ClN2OS. The molecule has 0 radical (unpaired) electrons. The molecule has 5 heteroatoms. The Labute approximate surface area is 121 Å². The summed E-state index contributed by atoms with van der Waals surface area (Å²) in [5.41, 5.74) is 5.98. The van der Waals surface area contributed by atoms with Crippen LogP contribution < -0.4 is 10.5 Å². The SMILES string of the molecule is COc1ccccc1Sc1ccc(C(=N)N)c(Cl)c1. The van der Waals surface area contributed by atoms with Crippen LogP contribution in [0.2, 0.25) is 5.02 Å². The molecule has 2 aromatic rings. The lowest BCUT2D eigenvalue weighted by atomic mass is 10.2. The number of amidine groups is 1. The molecule has 0 heterocycles. The van der Waals surface area contributed by atoms with Gasteiger partial charge in [-0.3, -0.25) is 5.41 Å². The van der Waals surface area contributed by atoms with E-state index in [4.69, 9.17) is 27.5 Å². The number of hydrogen-bond acceptors (Lipinski definition) is 3. The third-order valence-electron chi connectivity index (χ3n) is 2.53. The molecule has 19 heavy (non-hydrogen) atoms. The van der Waals surface area contributed by atoms with Crippen LogP contribution in [0.4, 0.5) is 0 Å². The molecule has 0 spiro atoms. The van der Waals surface area contributed by atoms with Gasteiger partial charge in [0.05, 0.1) is 17.0 Å². The number of ether oxygens (including phenoxy) is 1. The van der Waals surface area contributed by atoms with Crippen LogP contribution in [0.25, 0.3) is 0 Å². The molecule has 0 fully saturated rings. The Morgan fingerprint density at radius 2 is 2.00 bits per heavy atom. The number of rotatable bonds is 4. The highest BCUT2D eigenvalue weighted by Gasteiger charge is 2.08. The number of nitrogen functional groups attached to an aromatic ring is 1. The summed E-state index contributed by atoms with van der Waals surface area (Å²) in [7, 11) is 1.64. The minimum atomic E-state index is -0.0289. The van der Waals surface area contributed by atoms with E-state index in [1.807, 2.05) is 30.3 Å². The summed E-state index contributed by atoms with van der Waals surface area (Å²) >= 11 is 7.65. The van der Waals surface area contributed by atoms with Crippen molar-refractivity contribution in [3.63, 3.8) is 0 Å². The lowest BCUT2D eigenvalue weighted by molar-refractivity contribution is 0.405. The largest absolute Gasteiger partial charge is 0.496 e. The van der Waals surface area contributed by atoms with Gasteiger partial charge >= 0.3 is 0 Å². The third kappa shape index (κ3) is 3.22. The first kappa shape index (κ1) is 13.8. The molecule has 0 aliphatic heterocycles. The van der Waals surface area contributed by atoms with Gasteiger partial charge in [0.2, 0.25) is 0 Å². The standard InChI is InChI=1S/C14H13ClN2OS/c1-18-12-4-2-3-5-13(12)19-9-6-7-10(14(16)17)11(15)8-9/h2-8H,1H3,(H3,16,17). The molecule has 0 saturated heterocycles. The van der Waals surface area contributed by atoms with E-state index < -0.39 is 0 Å². The summed E-state index contributed by atoms with van der Waals surface area (Å²) in [6.07, 6.45) is 0. The molecular weight excluding hydrogens is 280 g/mol. The van der Waals surface area contributed by atoms with Gasteiger partial charge in [0.1, 0.15) is 11.6 Å². The quantitative estimate of drug-likeness (QED) is 0.666. The van der Waals surface area contributed by atoms with E-state index >= 15 is 0 Å². The summed E-state index contributed by atoms with van der Waals surface area (Å²) in [5.74, 6) is 0.790. The number of nitrogens with one attached hydrogen (secondary N) is 1. The van der Waals surface area contributed by atoms with E-state index in [0.29, 0.717) is 10.6 Å². The molecule has 0 atom stereocenters. The zero-order valence-corrected chi connectivity index (χ0v) is 11.9. The van der Waals surface area contributed by atoms with E-state index in [-0.39, 0.29) is 5.84 Å². The summed E-state index contributed by atoms with van der Waals surface area (Å²) in [6, 6.07) is 13.2. The number of para-hydroxylation sites is 1. The summed E-state index contributed by atoms with van der Waals surface area (Å²) in [6.45, 7) is 0. The lowest BCUT2D eigenvalue weighted by Gasteiger charge is -2.09. The van der Waals surface area contributed by atoms with Crippen molar-refractivity contribution in [3.8, 4) is 5.75 Å². The van der Waals surface area contributed by atoms with Crippen molar-refractivity contribution in [2.24, 2.45) is 5.73 Å². The number of methoxy groups -OCH3 is 1. The van der Waals surface area contributed by atoms with Gasteiger partial charge in [-0.1, -0.05) is 35.5 Å². The van der Waals surface area contributed by atoms with E-state index in [9.17, 15) is 0 Å². The van der Waals surface area contributed by atoms with Crippen LogP contribution in [0.1, 0.15) is 5.56 Å². The van der Waals surface area contributed by atoms with Crippen molar-refractivity contribution in [1.82, 2.24) is 0 Å². The highest BCUT2D eigenvalue weighted by atomic mass is 35.5. The Morgan fingerprint density at radius 3 is 2.63 bits per heavy atom. The Bertz CT molecular complexity index is 616. The molecule has 3 N–H and O–H groups in total. The predicted octanol–water partition coefficient (Wildman–Crippen LogP) is 3.78. The van der Waals surface area contributed by atoms with Gasteiger partial charge < -0.3 is 10.5 Å². The van der Waals surface area contributed by atoms with Gasteiger partial charge in [-0.05, 0) is 30.3 Å². The summed E-state index contributed by atoms with van der Waals surface area (Å²) in [5, 5.41) is 7.88. The fourth-order valence-electron chi connectivity index (χ4n) is 1.61. The average molecular weight is 293 g/mol. The Hall–Kier alpha value is -1.65. The summed E-state index contributed by atoms with van der Waals surface area (Å²) < 4.78 is 5.30. The maximum absolute atomic E-state index is 7.40. The van der Waals surface area contributed by atoms with Crippen LogP contribution in [0.15, 0.2) is 52.3 Å². The first-order valence-corrected chi connectivity index (χ1v) is 6.76. The van der Waals surface area contributed by atoms with Gasteiger partial charge in [0.25, 0.3) is 0 Å². The molecule has 0 bridgehead atoms. The second-order valence-corrected chi connectivity index (χ2v) is 5.33. The maximum atomic E-state index is 7.40. The molecule has 0 unspecified atom stereocenters. The molecule has 3 nitrogen and oxygen atoms in total. The Kier molecular flexibility index (Phi) is 4.35. The highest BCUT2D eigenvalue weighted by Crippen LogP contribution is 2.36. The molecule has 0 aliphatic rings. The second kappa shape index (κ2) is 5.99. The zero-order chi connectivity index (χ0) is 13.8. The number of halogens is 1. The lowest BCUT2D eigenvalue weighted by Crippen LogP contribution is -2.11. The minimum Gasteiger partial charge on any atom is -0.496 e. The van der Waals surface area contributed by atoms with Crippen molar-refractivity contribution in [2.45, 2.75) is 9.79 Å². The predicted molar refractivity (Wildman–Crippen MR) is 79.6 cm³/mol. The zero-order valence-electron chi connectivity index (χ0n) is 10.3. The number of hydrogen-bond donors (Lipinski definition) is 2. The monoisotopic (exact) mass is 292 g/mol. The molecule has 2 aromatic carbocycles. The van der Waals surface area contributed by atoms with Crippen LogP contribution in [0.5, 0.6) is 5.75 Å². The topological polar surface area (TPSA) is 59.1 Å². The van der Waals surface area contributed by atoms with Crippen molar-refractivity contribution >= 4 is 29.2 Å². The average Bonchev–Trinajstić information content (AvgIpc) is 2.39. The van der Waals surface area contributed by atoms with Crippen molar-refractivity contribution < 1.29 is 4.74 Å². The van der Waals surface area contributed by atoms with Crippen LogP contribution in [-0.4, -0.2) is 12.9 Å². The molecule has 2 rings (SSSR count). The van der Waals surface area contributed by atoms with Gasteiger partial charge in [-0.25, -0.2) is 0 Å². The maximum Gasteiger partial charge on any atom is 0.132 e. The van der Waals surface area contributed by atoms with E-state index in [1.54, 1.807) is 31.0 Å². The fourth-order valence-corrected chi connectivity index (χ4v) is 2.92. The van der Waals surface area contributed by atoms with Gasteiger partial charge in [0.15, 0.2) is 0 Å². The van der Waals surface area contributed by atoms with Crippen molar-refractivity contribution in [3.05, 3.63) is 53.1 Å². The molecule has 0 saturated carbocycles. The van der Waals surface area contributed by atoms with Crippen molar-refractivity contribution in [2.75, 3.05) is 7.11 Å². The van der Waals surface area contributed by atoms with Gasteiger partial charge in [-0.2, -0.15) is 0 Å². The van der Waals surface area contributed by atoms with E-state index in [2.05, 4.69) is 0 Å². The van der Waals surface area contributed by atoms with Gasteiger partial charge in [0, 0.05) is 10.5 Å². The molecule has 0 aliphatic carbocycles.